The van der Waals surface area contributed by atoms with Crippen LogP contribution in [0.5, 0.6) is 11.5 Å². The van der Waals surface area contributed by atoms with Crippen LogP contribution in [-0.4, -0.2) is 55.5 Å². The summed E-state index contributed by atoms with van der Waals surface area (Å²) in [7, 11) is 1.49. The number of nitrogens with zero attached hydrogens (tertiary/aromatic N) is 1. The fraction of sp³-hybridized carbons (Fsp3) is 0.500. The molecule has 1 aromatic carbocycles. The minimum Gasteiger partial charge on any atom is -0.493 e. The summed E-state index contributed by atoms with van der Waals surface area (Å²) in [5, 5.41) is 12.2. The molecule has 0 spiro atoms. The van der Waals surface area contributed by atoms with Crippen molar-refractivity contribution in [3.05, 3.63) is 24.0 Å². The molecule has 2 N–H and O–H groups in total. The normalized spacial score (nSPS) is 17.5. The summed E-state index contributed by atoms with van der Waals surface area (Å²) in [6.45, 7) is 1.90. The zero-order valence-corrected chi connectivity index (χ0v) is 13.1. The van der Waals surface area contributed by atoms with Crippen molar-refractivity contribution in [2.24, 2.45) is 0 Å². The van der Waals surface area contributed by atoms with Crippen molar-refractivity contribution < 1.29 is 23.8 Å². The number of amides is 1. The second-order valence-corrected chi connectivity index (χ2v) is 4.81. The summed E-state index contributed by atoms with van der Waals surface area (Å²) in [5.41, 5.74) is 0. The molecule has 0 bridgehead atoms. The smallest absolute Gasteiger partial charge is 0.407 e. The maximum atomic E-state index is 13.2. The van der Waals surface area contributed by atoms with Gasteiger partial charge in [-0.3, -0.25) is 0 Å². The van der Waals surface area contributed by atoms with Crippen molar-refractivity contribution in [2.75, 3.05) is 33.4 Å². The number of rotatable bonds is 5. The highest BCUT2D eigenvalue weighted by molar-refractivity contribution is 5.85. The molecule has 1 amide bonds. The highest BCUT2D eigenvalue weighted by Gasteiger charge is 2.22. The number of piperazine rings is 1. The van der Waals surface area contributed by atoms with Crippen LogP contribution in [-0.2, 0) is 0 Å². The fourth-order valence-electron chi connectivity index (χ4n) is 2.27. The Morgan fingerprint density at radius 1 is 1.50 bits per heavy atom. The number of carboxylic acid groups (broad SMARTS) is 1. The van der Waals surface area contributed by atoms with E-state index in [-0.39, 0.29) is 18.4 Å². The van der Waals surface area contributed by atoms with Gasteiger partial charge in [0.2, 0.25) is 0 Å². The molecular formula is C14H20ClFN2O4. The van der Waals surface area contributed by atoms with Crippen molar-refractivity contribution >= 4 is 18.5 Å². The Morgan fingerprint density at radius 2 is 2.27 bits per heavy atom. The summed E-state index contributed by atoms with van der Waals surface area (Å²) in [5.74, 6) is 0.433. The Bertz CT molecular complexity index is 504. The molecule has 0 radical (unpaired) electrons. The van der Waals surface area contributed by atoms with Gasteiger partial charge < -0.3 is 24.8 Å². The second kappa shape index (κ2) is 8.65. The minimum absolute atomic E-state index is 0. The van der Waals surface area contributed by atoms with Gasteiger partial charge in [-0.05, 0) is 18.6 Å². The lowest BCUT2D eigenvalue weighted by molar-refractivity contribution is 0.124. The van der Waals surface area contributed by atoms with Crippen LogP contribution in [0.3, 0.4) is 0 Å². The third-order valence-corrected chi connectivity index (χ3v) is 3.38. The Labute approximate surface area is 134 Å². The van der Waals surface area contributed by atoms with Crippen molar-refractivity contribution in [2.45, 2.75) is 12.5 Å². The minimum atomic E-state index is -0.908. The van der Waals surface area contributed by atoms with E-state index >= 15 is 0 Å². The molecule has 6 nitrogen and oxygen atoms in total. The van der Waals surface area contributed by atoms with Gasteiger partial charge in [0.25, 0.3) is 0 Å². The third kappa shape index (κ3) is 4.92. The second-order valence-electron chi connectivity index (χ2n) is 4.81. The van der Waals surface area contributed by atoms with E-state index in [1.54, 1.807) is 0 Å². The van der Waals surface area contributed by atoms with Crippen LogP contribution in [0.15, 0.2) is 18.2 Å². The maximum absolute atomic E-state index is 13.2. The predicted octanol–water partition coefficient (Wildman–Crippen LogP) is 1.98. The molecular weight excluding hydrogens is 315 g/mol. The molecule has 1 aliphatic rings. The first-order valence-electron chi connectivity index (χ1n) is 6.77. The van der Waals surface area contributed by atoms with Crippen LogP contribution in [0.1, 0.15) is 6.42 Å². The highest BCUT2D eigenvalue weighted by Crippen LogP contribution is 2.27. The van der Waals surface area contributed by atoms with Crippen LogP contribution in [0, 0.1) is 5.82 Å². The maximum Gasteiger partial charge on any atom is 0.407 e. The predicted molar refractivity (Wildman–Crippen MR) is 81.7 cm³/mol. The number of hydrogen-bond donors (Lipinski definition) is 2. The SMILES string of the molecule is COc1ccc(F)cc1OCC[C@@H]1CN(C(=O)O)CCN1.Cl. The Kier molecular flexibility index (Phi) is 7.20. The van der Waals surface area contributed by atoms with Crippen LogP contribution in [0.25, 0.3) is 0 Å². The molecule has 0 unspecified atom stereocenters. The molecule has 2 rings (SSSR count). The van der Waals surface area contributed by atoms with E-state index in [1.165, 1.54) is 30.2 Å². The molecule has 1 fully saturated rings. The third-order valence-electron chi connectivity index (χ3n) is 3.38. The summed E-state index contributed by atoms with van der Waals surface area (Å²) in [6.07, 6.45) is -0.280. The van der Waals surface area contributed by atoms with Crippen molar-refractivity contribution in [1.29, 1.82) is 0 Å². The van der Waals surface area contributed by atoms with E-state index in [9.17, 15) is 9.18 Å². The molecule has 1 heterocycles. The number of hydrogen-bond acceptors (Lipinski definition) is 4. The first kappa shape index (κ1) is 18.3. The van der Waals surface area contributed by atoms with Crippen molar-refractivity contribution in [3.8, 4) is 11.5 Å². The summed E-state index contributed by atoms with van der Waals surface area (Å²) >= 11 is 0. The standard InChI is InChI=1S/C14H19FN2O4.ClH/c1-20-12-3-2-10(15)8-13(12)21-7-4-11-9-17(14(18)19)6-5-16-11;/h2-3,8,11,16H,4-7,9H2,1H3,(H,18,19);1H/t11-;/m1./s1. The summed E-state index contributed by atoms with van der Waals surface area (Å²) in [6, 6.07) is 4.13. The summed E-state index contributed by atoms with van der Waals surface area (Å²) < 4.78 is 23.8. The van der Waals surface area contributed by atoms with Gasteiger partial charge in [-0.25, -0.2) is 9.18 Å². The monoisotopic (exact) mass is 334 g/mol. The number of carbonyl (C=O) groups is 1. The van der Waals surface area contributed by atoms with Gasteiger partial charge in [-0.1, -0.05) is 0 Å². The molecule has 1 aliphatic heterocycles. The molecule has 1 atom stereocenters. The lowest BCUT2D eigenvalue weighted by Gasteiger charge is -2.31. The topological polar surface area (TPSA) is 71.0 Å². The molecule has 124 valence electrons. The van der Waals surface area contributed by atoms with E-state index in [2.05, 4.69) is 5.32 Å². The van der Waals surface area contributed by atoms with Crippen LogP contribution in [0.2, 0.25) is 0 Å². The first-order chi connectivity index (χ1) is 10.1. The number of ether oxygens (including phenoxy) is 2. The molecule has 0 saturated carbocycles. The molecule has 1 saturated heterocycles. The molecule has 1 aromatic rings. The van der Waals surface area contributed by atoms with Gasteiger partial charge in [0.15, 0.2) is 11.5 Å². The highest BCUT2D eigenvalue weighted by atomic mass is 35.5. The molecule has 8 heteroatoms. The number of nitrogens with one attached hydrogen (secondary N) is 1. The average Bonchev–Trinajstić information content (AvgIpc) is 2.48. The number of methoxy groups -OCH3 is 1. The van der Waals surface area contributed by atoms with E-state index in [1.807, 2.05) is 0 Å². The van der Waals surface area contributed by atoms with Crippen LogP contribution >= 0.6 is 12.4 Å². The van der Waals surface area contributed by atoms with E-state index in [4.69, 9.17) is 14.6 Å². The van der Waals surface area contributed by atoms with Gasteiger partial charge in [0.05, 0.1) is 13.7 Å². The molecule has 0 aromatic heterocycles. The van der Waals surface area contributed by atoms with E-state index in [0.29, 0.717) is 44.2 Å². The summed E-state index contributed by atoms with van der Waals surface area (Å²) in [4.78, 5) is 12.3. The van der Waals surface area contributed by atoms with Gasteiger partial charge in [-0.2, -0.15) is 0 Å². The van der Waals surface area contributed by atoms with E-state index in [0.717, 1.165) is 0 Å². The molecule has 22 heavy (non-hydrogen) atoms. The first-order valence-corrected chi connectivity index (χ1v) is 6.77. The quantitative estimate of drug-likeness (QED) is 0.861. The molecule has 0 aliphatic carbocycles. The van der Waals surface area contributed by atoms with E-state index < -0.39 is 11.9 Å². The van der Waals surface area contributed by atoms with Crippen molar-refractivity contribution in [1.82, 2.24) is 10.2 Å². The Morgan fingerprint density at radius 3 is 2.95 bits per heavy atom. The zero-order chi connectivity index (χ0) is 15.2. The average molecular weight is 335 g/mol. The van der Waals surface area contributed by atoms with Gasteiger partial charge >= 0.3 is 6.09 Å². The lowest BCUT2D eigenvalue weighted by atomic mass is 10.1. The number of benzene rings is 1. The van der Waals surface area contributed by atoms with Gasteiger partial charge in [-0.15, -0.1) is 12.4 Å². The lowest BCUT2D eigenvalue weighted by Crippen LogP contribution is -2.52. The zero-order valence-electron chi connectivity index (χ0n) is 12.3. The Balaban J connectivity index is 0.00000242. The van der Waals surface area contributed by atoms with Crippen molar-refractivity contribution in [3.63, 3.8) is 0 Å². The fourth-order valence-corrected chi connectivity index (χ4v) is 2.27. The van der Waals surface area contributed by atoms with Crippen LogP contribution < -0.4 is 14.8 Å². The van der Waals surface area contributed by atoms with Gasteiger partial charge in [0.1, 0.15) is 5.82 Å². The number of halogens is 2. The van der Waals surface area contributed by atoms with Gasteiger partial charge in [0, 0.05) is 31.7 Å². The Hall–Kier alpha value is -1.73. The van der Waals surface area contributed by atoms with Crippen LogP contribution in [0.4, 0.5) is 9.18 Å². The largest absolute Gasteiger partial charge is 0.493 e.